The van der Waals surface area contributed by atoms with Gasteiger partial charge in [0.2, 0.25) is 0 Å². The van der Waals surface area contributed by atoms with Gasteiger partial charge in [0.25, 0.3) is 5.91 Å². The van der Waals surface area contributed by atoms with E-state index in [0.717, 1.165) is 0 Å². The highest BCUT2D eigenvalue weighted by Gasteiger charge is 2.41. The Bertz CT molecular complexity index is 739. The van der Waals surface area contributed by atoms with E-state index in [9.17, 15) is 14.7 Å². The van der Waals surface area contributed by atoms with E-state index in [-0.39, 0.29) is 18.0 Å². The SMILES string of the molecule is CCC(NC(=O)c1cc(C(C)C)on1)(C(=O)O)c1ccc(Cl)cc1. The van der Waals surface area contributed by atoms with Gasteiger partial charge in [-0.15, -0.1) is 0 Å². The molecule has 1 amide bonds. The molecule has 1 aromatic carbocycles. The number of halogens is 1. The number of carboxylic acid groups (broad SMARTS) is 1. The average Bonchev–Trinajstić information content (AvgIpc) is 3.03. The van der Waals surface area contributed by atoms with Gasteiger partial charge < -0.3 is 14.9 Å². The van der Waals surface area contributed by atoms with E-state index in [2.05, 4.69) is 10.5 Å². The topological polar surface area (TPSA) is 92.4 Å². The van der Waals surface area contributed by atoms with Crippen LogP contribution in [0.4, 0.5) is 0 Å². The number of hydrogen-bond donors (Lipinski definition) is 2. The number of carboxylic acids is 1. The Morgan fingerprint density at radius 2 is 1.96 bits per heavy atom. The molecule has 1 unspecified atom stereocenters. The first kappa shape index (κ1) is 18.0. The largest absolute Gasteiger partial charge is 0.479 e. The molecule has 0 aliphatic carbocycles. The van der Waals surface area contributed by atoms with E-state index in [1.54, 1.807) is 31.2 Å². The zero-order valence-corrected chi connectivity index (χ0v) is 14.4. The number of aromatic nitrogens is 1. The molecule has 24 heavy (non-hydrogen) atoms. The Morgan fingerprint density at radius 1 is 1.33 bits per heavy atom. The van der Waals surface area contributed by atoms with Crippen molar-refractivity contribution in [3.05, 3.63) is 52.4 Å². The normalized spacial score (nSPS) is 13.5. The maximum Gasteiger partial charge on any atom is 0.334 e. The van der Waals surface area contributed by atoms with Crippen LogP contribution < -0.4 is 5.32 Å². The van der Waals surface area contributed by atoms with Crippen LogP contribution >= 0.6 is 11.6 Å². The summed E-state index contributed by atoms with van der Waals surface area (Å²) < 4.78 is 5.10. The van der Waals surface area contributed by atoms with E-state index < -0.39 is 17.4 Å². The molecule has 0 aliphatic rings. The van der Waals surface area contributed by atoms with Crippen LogP contribution in [0.15, 0.2) is 34.9 Å². The standard InChI is InChI=1S/C17H19ClN2O4/c1-4-17(16(22)23,11-5-7-12(18)8-6-11)19-15(21)13-9-14(10(2)3)24-20-13/h5-10H,4H2,1-3H3,(H,19,21)(H,22,23). The van der Waals surface area contributed by atoms with Gasteiger partial charge in [-0.2, -0.15) is 0 Å². The van der Waals surface area contributed by atoms with E-state index in [1.807, 2.05) is 13.8 Å². The number of aliphatic carboxylic acids is 1. The van der Waals surface area contributed by atoms with Crippen molar-refractivity contribution in [1.82, 2.24) is 10.5 Å². The molecule has 1 atom stereocenters. The third kappa shape index (κ3) is 3.43. The summed E-state index contributed by atoms with van der Waals surface area (Å²) in [5, 5.41) is 16.5. The van der Waals surface area contributed by atoms with E-state index in [1.165, 1.54) is 6.07 Å². The minimum absolute atomic E-state index is 0.0479. The molecule has 2 rings (SSSR count). The Morgan fingerprint density at radius 3 is 2.42 bits per heavy atom. The van der Waals surface area contributed by atoms with Gasteiger partial charge in [0.1, 0.15) is 5.76 Å². The first-order valence-corrected chi connectivity index (χ1v) is 7.96. The van der Waals surface area contributed by atoms with Crippen molar-refractivity contribution in [3.8, 4) is 0 Å². The Labute approximate surface area is 144 Å². The molecule has 0 saturated carbocycles. The number of nitrogens with one attached hydrogen (secondary N) is 1. The quantitative estimate of drug-likeness (QED) is 0.830. The number of carbonyl (C=O) groups excluding carboxylic acids is 1. The van der Waals surface area contributed by atoms with Crippen molar-refractivity contribution in [2.75, 3.05) is 0 Å². The van der Waals surface area contributed by atoms with Crippen molar-refractivity contribution in [3.63, 3.8) is 0 Å². The van der Waals surface area contributed by atoms with Gasteiger partial charge in [0.05, 0.1) is 0 Å². The summed E-state index contributed by atoms with van der Waals surface area (Å²) in [7, 11) is 0. The second kappa shape index (κ2) is 7.05. The van der Waals surface area contributed by atoms with Crippen molar-refractivity contribution in [2.24, 2.45) is 0 Å². The predicted octanol–water partition coefficient (Wildman–Crippen LogP) is 3.57. The van der Waals surface area contributed by atoms with Crippen LogP contribution in [0.1, 0.15) is 54.9 Å². The Hall–Kier alpha value is -2.34. The maximum atomic E-state index is 12.5. The van der Waals surface area contributed by atoms with Crippen LogP contribution in [-0.4, -0.2) is 22.1 Å². The lowest BCUT2D eigenvalue weighted by Gasteiger charge is -2.29. The summed E-state index contributed by atoms with van der Waals surface area (Å²) in [6, 6.07) is 7.86. The minimum atomic E-state index is -1.57. The molecule has 6 nitrogen and oxygen atoms in total. The average molecular weight is 351 g/mol. The number of nitrogens with zero attached hydrogens (tertiary/aromatic N) is 1. The van der Waals surface area contributed by atoms with Crippen LogP contribution in [0, 0.1) is 0 Å². The number of carbonyl (C=O) groups is 2. The van der Waals surface area contributed by atoms with Crippen LogP contribution in [0.25, 0.3) is 0 Å². The van der Waals surface area contributed by atoms with Crippen LogP contribution in [-0.2, 0) is 10.3 Å². The molecule has 0 aliphatic heterocycles. The molecule has 7 heteroatoms. The van der Waals surface area contributed by atoms with E-state index >= 15 is 0 Å². The van der Waals surface area contributed by atoms with E-state index in [0.29, 0.717) is 16.3 Å². The smallest absolute Gasteiger partial charge is 0.334 e. The van der Waals surface area contributed by atoms with Crippen molar-refractivity contribution in [2.45, 2.75) is 38.6 Å². The lowest BCUT2D eigenvalue weighted by molar-refractivity contribution is -0.145. The summed E-state index contributed by atoms with van der Waals surface area (Å²) >= 11 is 5.86. The van der Waals surface area contributed by atoms with Crippen LogP contribution in [0.3, 0.4) is 0 Å². The molecular weight excluding hydrogens is 332 g/mol. The summed E-state index contributed by atoms with van der Waals surface area (Å²) in [6.45, 7) is 5.50. The van der Waals surface area contributed by atoms with Gasteiger partial charge in [-0.05, 0) is 24.1 Å². The van der Waals surface area contributed by atoms with Crippen LogP contribution in [0.5, 0.6) is 0 Å². The number of amides is 1. The molecule has 0 radical (unpaired) electrons. The molecule has 0 saturated heterocycles. The summed E-state index contributed by atoms with van der Waals surface area (Å²) in [4.78, 5) is 24.4. The predicted molar refractivity (Wildman–Crippen MR) is 89.1 cm³/mol. The molecule has 0 fully saturated rings. The van der Waals surface area contributed by atoms with Crippen LogP contribution in [0.2, 0.25) is 5.02 Å². The van der Waals surface area contributed by atoms with Gasteiger partial charge in [-0.25, -0.2) is 4.79 Å². The number of benzene rings is 1. The highest BCUT2D eigenvalue weighted by molar-refractivity contribution is 6.30. The summed E-state index contributed by atoms with van der Waals surface area (Å²) in [5.41, 5.74) is -1.09. The zero-order valence-electron chi connectivity index (χ0n) is 13.7. The number of hydrogen-bond acceptors (Lipinski definition) is 4. The van der Waals surface area contributed by atoms with Gasteiger partial charge in [-0.3, -0.25) is 4.79 Å². The fraction of sp³-hybridized carbons (Fsp3) is 0.353. The highest BCUT2D eigenvalue weighted by Crippen LogP contribution is 2.27. The van der Waals surface area contributed by atoms with Gasteiger partial charge >= 0.3 is 5.97 Å². The van der Waals surface area contributed by atoms with Crippen molar-refractivity contribution >= 4 is 23.5 Å². The first-order valence-electron chi connectivity index (χ1n) is 7.58. The molecular formula is C17H19ClN2O4. The highest BCUT2D eigenvalue weighted by atomic mass is 35.5. The van der Waals surface area contributed by atoms with Gasteiger partial charge in [0, 0.05) is 17.0 Å². The van der Waals surface area contributed by atoms with Gasteiger partial charge in [0.15, 0.2) is 11.2 Å². The van der Waals surface area contributed by atoms with Crippen molar-refractivity contribution in [1.29, 1.82) is 0 Å². The molecule has 2 aromatic rings. The second-order valence-electron chi connectivity index (χ2n) is 5.79. The number of rotatable bonds is 6. The Kier molecular flexibility index (Phi) is 5.29. The monoisotopic (exact) mass is 350 g/mol. The molecule has 2 N–H and O–H groups in total. The molecule has 1 heterocycles. The molecule has 128 valence electrons. The fourth-order valence-electron chi connectivity index (χ4n) is 2.35. The third-order valence-electron chi connectivity index (χ3n) is 3.89. The summed E-state index contributed by atoms with van der Waals surface area (Å²) in [6.07, 6.45) is 0.157. The first-order chi connectivity index (χ1) is 11.3. The maximum absolute atomic E-state index is 12.5. The van der Waals surface area contributed by atoms with Gasteiger partial charge in [-0.1, -0.05) is 49.7 Å². The summed E-state index contributed by atoms with van der Waals surface area (Å²) in [5.74, 6) is -1.13. The van der Waals surface area contributed by atoms with Crippen molar-refractivity contribution < 1.29 is 19.2 Å². The molecule has 0 bridgehead atoms. The minimum Gasteiger partial charge on any atom is -0.479 e. The molecule has 1 aromatic heterocycles. The zero-order chi connectivity index (χ0) is 17.9. The Balaban J connectivity index is 2.36. The van der Waals surface area contributed by atoms with E-state index in [4.69, 9.17) is 16.1 Å². The lowest BCUT2D eigenvalue weighted by Crippen LogP contribution is -2.51. The fourth-order valence-corrected chi connectivity index (χ4v) is 2.48. The molecule has 0 spiro atoms. The third-order valence-corrected chi connectivity index (χ3v) is 4.14. The second-order valence-corrected chi connectivity index (χ2v) is 6.23. The lowest BCUT2D eigenvalue weighted by atomic mass is 9.87.